The molecule has 0 saturated carbocycles. The van der Waals surface area contributed by atoms with Crippen molar-refractivity contribution in [1.29, 1.82) is 0 Å². The topological polar surface area (TPSA) is 76.9 Å². The van der Waals surface area contributed by atoms with Crippen LogP contribution in [0.5, 0.6) is 0 Å². The smallest absolute Gasteiger partial charge is 0.257 e. The number of anilines is 1. The predicted molar refractivity (Wildman–Crippen MR) is 89.9 cm³/mol. The zero-order valence-corrected chi connectivity index (χ0v) is 13.9. The molecule has 0 aliphatic carbocycles. The number of pyridine rings is 1. The number of aryl methyl sites for hydroxylation is 1. The first-order valence-corrected chi connectivity index (χ1v) is 8.53. The van der Waals surface area contributed by atoms with Crippen molar-refractivity contribution in [3.63, 3.8) is 0 Å². The average molecular weight is 330 g/mol. The molecule has 120 valence electrons. The number of carbonyl (C=O) groups is 1. The molecule has 0 aromatic carbocycles. The Hall–Kier alpha value is -2.15. The molecule has 0 bridgehead atoms. The first-order chi connectivity index (χ1) is 11.1. The number of hydrogen-bond acceptors (Lipinski definition) is 5. The molecule has 1 amide bonds. The normalized spacial score (nSPS) is 16.2. The lowest BCUT2D eigenvalue weighted by Crippen LogP contribution is -2.30. The van der Waals surface area contributed by atoms with Gasteiger partial charge in [0.25, 0.3) is 5.56 Å². The van der Waals surface area contributed by atoms with E-state index in [-0.39, 0.29) is 23.9 Å². The van der Waals surface area contributed by atoms with Crippen molar-refractivity contribution in [3.05, 3.63) is 46.1 Å². The van der Waals surface area contributed by atoms with Crippen LogP contribution in [0.2, 0.25) is 0 Å². The van der Waals surface area contributed by atoms with Crippen LogP contribution in [0.4, 0.5) is 5.69 Å². The van der Waals surface area contributed by atoms with Crippen LogP contribution in [-0.2, 0) is 11.2 Å². The SMILES string of the molecule is CCc1c(C)nc2n(c1=O)C(CC(=O)Nc1ccncc1)CS2. The molecule has 7 heteroatoms. The van der Waals surface area contributed by atoms with Crippen molar-refractivity contribution in [2.75, 3.05) is 11.1 Å². The van der Waals surface area contributed by atoms with Gasteiger partial charge in [-0.25, -0.2) is 4.98 Å². The summed E-state index contributed by atoms with van der Waals surface area (Å²) in [5.41, 5.74) is 2.22. The second kappa shape index (κ2) is 6.54. The molecule has 0 radical (unpaired) electrons. The summed E-state index contributed by atoms with van der Waals surface area (Å²) in [5.74, 6) is 0.582. The first kappa shape index (κ1) is 15.7. The molecule has 3 heterocycles. The summed E-state index contributed by atoms with van der Waals surface area (Å²) < 4.78 is 1.68. The maximum absolute atomic E-state index is 12.6. The fraction of sp³-hybridized carbons (Fsp3) is 0.375. The highest BCUT2D eigenvalue weighted by Gasteiger charge is 2.28. The summed E-state index contributed by atoms with van der Waals surface area (Å²) in [4.78, 5) is 33.3. The van der Waals surface area contributed by atoms with Crippen molar-refractivity contribution in [1.82, 2.24) is 14.5 Å². The summed E-state index contributed by atoms with van der Waals surface area (Å²) in [7, 11) is 0. The largest absolute Gasteiger partial charge is 0.326 e. The lowest BCUT2D eigenvalue weighted by Gasteiger charge is -2.15. The number of carbonyl (C=O) groups excluding carboxylic acids is 1. The number of nitrogens with zero attached hydrogens (tertiary/aromatic N) is 3. The van der Waals surface area contributed by atoms with Gasteiger partial charge in [0.05, 0.1) is 6.04 Å². The minimum Gasteiger partial charge on any atom is -0.326 e. The number of amides is 1. The predicted octanol–water partition coefficient (Wildman–Crippen LogP) is 2.18. The Kier molecular flexibility index (Phi) is 4.47. The molecule has 1 unspecified atom stereocenters. The Balaban J connectivity index is 1.80. The quantitative estimate of drug-likeness (QED) is 0.870. The van der Waals surface area contributed by atoms with E-state index in [4.69, 9.17) is 0 Å². The van der Waals surface area contributed by atoms with Crippen LogP contribution in [-0.4, -0.2) is 26.2 Å². The number of hydrogen-bond donors (Lipinski definition) is 1. The van der Waals surface area contributed by atoms with E-state index in [2.05, 4.69) is 15.3 Å². The van der Waals surface area contributed by atoms with E-state index in [0.717, 1.165) is 11.3 Å². The highest BCUT2D eigenvalue weighted by Crippen LogP contribution is 2.32. The Morgan fingerprint density at radius 1 is 1.43 bits per heavy atom. The number of rotatable bonds is 4. The van der Waals surface area contributed by atoms with Gasteiger partial charge in [0.15, 0.2) is 5.16 Å². The lowest BCUT2D eigenvalue weighted by molar-refractivity contribution is -0.116. The standard InChI is InChI=1S/C16H18N4O2S/c1-3-13-10(2)18-16-20(15(13)22)12(9-23-16)8-14(21)19-11-4-6-17-7-5-11/h4-7,12H,3,8-9H2,1-2H3,(H,17,19,21). The summed E-state index contributed by atoms with van der Waals surface area (Å²) in [6, 6.07) is 3.32. The van der Waals surface area contributed by atoms with Gasteiger partial charge < -0.3 is 5.32 Å². The van der Waals surface area contributed by atoms with E-state index in [1.54, 1.807) is 29.1 Å². The molecule has 1 atom stereocenters. The van der Waals surface area contributed by atoms with Gasteiger partial charge in [0.2, 0.25) is 5.91 Å². The van der Waals surface area contributed by atoms with Gasteiger partial charge in [-0.3, -0.25) is 19.1 Å². The Bertz CT molecular complexity index is 789. The van der Waals surface area contributed by atoms with E-state index in [1.807, 2.05) is 13.8 Å². The van der Waals surface area contributed by atoms with Crippen molar-refractivity contribution in [2.24, 2.45) is 0 Å². The molecule has 6 nitrogen and oxygen atoms in total. The van der Waals surface area contributed by atoms with E-state index in [0.29, 0.717) is 23.0 Å². The van der Waals surface area contributed by atoms with Crippen LogP contribution in [0.1, 0.15) is 30.6 Å². The van der Waals surface area contributed by atoms with E-state index in [1.165, 1.54) is 11.8 Å². The molecule has 2 aromatic heterocycles. The molecule has 23 heavy (non-hydrogen) atoms. The van der Waals surface area contributed by atoms with Gasteiger partial charge in [-0.2, -0.15) is 0 Å². The first-order valence-electron chi connectivity index (χ1n) is 7.54. The minimum absolute atomic E-state index is 0.0123. The second-order valence-corrected chi connectivity index (χ2v) is 6.43. The molecule has 1 aliphatic heterocycles. The zero-order chi connectivity index (χ0) is 16.4. The average Bonchev–Trinajstić information content (AvgIpc) is 2.91. The van der Waals surface area contributed by atoms with Crippen LogP contribution in [0.25, 0.3) is 0 Å². The third-order valence-electron chi connectivity index (χ3n) is 3.89. The minimum atomic E-state index is -0.150. The number of nitrogens with one attached hydrogen (secondary N) is 1. The highest BCUT2D eigenvalue weighted by molar-refractivity contribution is 7.99. The molecule has 1 N–H and O–H groups in total. The molecule has 0 spiro atoms. The fourth-order valence-electron chi connectivity index (χ4n) is 2.74. The molecule has 1 aliphatic rings. The van der Waals surface area contributed by atoms with Crippen molar-refractivity contribution in [3.8, 4) is 0 Å². The molecule has 3 rings (SSSR count). The lowest BCUT2D eigenvalue weighted by atomic mass is 10.1. The number of thioether (sulfide) groups is 1. The second-order valence-electron chi connectivity index (χ2n) is 5.44. The van der Waals surface area contributed by atoms with Crippen LogP contribution in [0.3, 0.4) is 0 Å². The van der Waals surface area contributed by atoms with E-state index >= 15 is 0 Å². The molecular formula is C16H18N4O2S. The van der Waals surface area contributed by atoms with Gasteiger partial charge in [-0.05, 0) is 25.5 Å². The van der Waals surface area contributed by atoms with Crippen molar-refractivity contribution < 1.29 is 4.79 Å². The molecule has 2 aromatic rings. The monoisotopic (exact) mass is 330 g/mol. The van der Waals surface area contributed by atoms with E-state index < -0.39 is 0 Å². The summed E-state index contributed by atoms with van der Waals surface area (Å²) in [6.07, 6.45) is 4.16. The summed E-state index contributed by atoms with van der Waals surface area (Å²) >= 11 is 1.53. The number of aromatic nitrogens is 3. The Labute approximate surface area is 138 Å². The Morgan fingerprint density at radius 2 is 2.17 bits per heavy atom. The van der Waals surface area contributed by atoms with Gasteiger partial charge in [-0.15, -0.1) is 0 Å². The van der Waals surface area contributed by atoms with Gasteiger partial charge in [0.1, 0.15) is 0 Å². The maximum Gasteiger partial charge on any atom is 0.257 e. The van der Waals surface area contributed by atoms with Crippen LogP contribution >= 0.6 is 11.8 Å². The molecule has 0 fully saturated rings. The van der Waals surface area contributed by atoms with Crippen LogP contribution in [0, 0.1) is 6.92 Å². The number of fused-ring (bicyclic) bond motifs is 1. The maximum atomic E-state index is 12.6. The third kappa shape index (κ3) is 3.14. The molecular weight excluding hydrogens is 312 g/mol. The summed E-state index contributed by atoms with van der Waals surface area (Å²) in [6.45, 7) is 3.82. The van der Waals surface area contributed by atoms with Gasteiger partial charge >= 0.3 is 0 Å². The van der Waals surface area contributed by atoms with Gasteiger partial charge in [0, 0.05) is 41.5 Å². The van der Waals surface area contributed by atoms with Gasteiger partial charge in [-0.1, -0.05) is 18.7 Å². The van der Waals surface area contributed by atoms with Crippen molar-refractivity contribution >= 4 is 23.4 Å². The summed E-state index contributed by atoms with van der Waals surface area (Å²) in [5, 5.41) is 3.55. The van der Waals surface area contributed by atoms with Crippen LogP contribution < -0.4 is 10.9 Å². The highest BCUT2D eigenvalue weighted by atomic mass is 32.2. The fourth-order valence-corrected chi connectivity index (χ4v) is 3.92. The van der Waals surface area contributed by atoms with Crippen LogP contribution in [0.15, 0.2) is 34.5 Å². The van der Waals surface area contributed by atoms with Crippen molar-refractivity contribution in [2.45, 2.75) is 37.9 Å². The Morgan fingerprint density at radius 3 is 2.87 bits per heavy atom. The zero-order valence-electron chi connectivity index (χ0n) is 13.1. The van der Waals surface area contributed by atoms with E-state index in [9.17, 15) is 9.59 Å². The molecule has 0 saturated heterocycles. The third-order valence-corrected chi connectivity index (χ3v) is 4.99.